The molecule has 4 heteroatoms. The normalized spacial score (nSPS) is 23.3. The summed E-state index contributed by atoms with van der Waals surface area (Å²) in [5.41, 5.74) is -0.614. The largest absolute Gasteiger partial charge is 0.468 e. The molecule has 122 valence electrons. The second kappa shape index (κ2) is 8.14. The number of hydrogen-bond donors (Lipinski definition) is 1. The van der Waals surface area contributed by atoms with Gasteiger partial charge in [-0.1, -0.05) is 32.6 Å². The van der Waals surface area contributed by atoms with Crippen LogP contribution in [0.15, 0.2) is 0 Å². The van der Waals surface area contributed by atoms with Crippen molar-refractivity contribution < 1.29 is 14.3 Å². The van der Waals surface area contributed by atoms with Crippen molar-refractivity contribution >= 4 is 5.97 Å². The highest BCUT2D eigenvalue weighted by molar-refractivity contribution is 5.82. The molecule has 0 aliphatic heterocycles. The number of carbonyl (C=O) groups excluding carboxylic acids is 1. The van der Waals surface area contributed by atoms with Crippen LogP contribution in [0.25, 0.3) is 0 Å². The molecule has 2 aliphatic rings. The molecule has 1 atom stereocenters. The van der Waals surface area contributed by atoms with Gasteiger partial charge in [-0.2, -0.15) is 0 Å². The topological polar surface area (TPSA) is 47.6 Å². The molecule has 0 aromatic carbocycles. The third-order valence-corrected chi connectivity index (χ3v) is 4.86. The van der Waals surface area contributed by atoms with E-state index in [2.05, 4.69) is 12.2 Å². The Morgan fingerprint density at radius 3 is 2.33 bits per heavy atom. The highest BCUT2D eigenvalue weighted by Gasteiger charge is 2.52. The van der Waals surface area contributed by atoms with Gasteiger partial charge in [-0.25, -0.2) is 4.79 Å². The standard InChI is InChI=1S/C17H31NO3/c1-3-12-18-17(14-10-11-14,16(19)20-2)13-21-15-8-6-4-5-7-9-15/h14-15,18H,3-13H2,1-2H3. The molecule has 0 heterocycles. The van der Waals surface area contributed by atoms with Crippen LogP contribution in [0.5, 0.6) is 0 Å². The van der Waals surface area contributed by atoms with Crippen LogP contribution < -0.4 is 5.32 Å². The van der Waals surface area contributed by atoms with Crippen molar-refractivity contribution in [2.75, 3.05) is 20.3 Å². The van der Waals surface area contributed by atoms with Crippen molar-refractivity contribution in [1.82, 2.24) is 5.32 Å². The summed E-state index contributed by atoms with van der Waals surface area (Å²) in [6.07, 6.45) is 10.9. The monoisotopic (exact) mass is 297 g/mol. The molecule has 4 nitrogen and oxygen atoms in total. The van der Waals surface area contributed by atoms with Crippen LogP contribution in [0.3, 0.4) is 0 Å². The van der Waals surface area contributed by atoms with Crippen molar-refractivity contribution in [1.29, 1.82) is 0 Å². The van der Waals surface area contributed by atoms with Gasteiger partial charge in [0.1, 0.15) is 5.54 Å². The van der Waals surface area contributed by atoms with Crippen LogP contribution in [0.4, 0.5) is 0 Å². The Kier molecular flexibility index (Phi) is 6.49. The fourth-order valence-electron chi connectivity index (χ4n) is 3.38. The fourth-order valence-corrected chi connectivity index (χ4v) is 3.38. The first-order valence-electron chi connectivity index (χ1n) is 8.68. The second-order valence-electron chi connectivity index (χ2n) is 6.59. The number of methoxy groups -OCH3 is 1. The maximum Gasteiger partial charge on any atom is 0.328 e. The van der Waals surface area contributed by atoms with Crippen molar-refractivity contribution in [2.24, 2.45) is 5.92 Å². The number of hydrogen-bond acceptors (Lipinski definition) is 4. The molecule has 2 fully saturated rings. The highest BCUT2D eigenvalue weighted by Crippen LogP contribution is 2.41. The van der Waals surface area contributed by atoms with Crippen LogP contribution in [0, 0.1) is 5.92 Å². The van der Waals surface area contributed by atoms with Crippen LogP contribution in [0.1, 0.15) is 64.7 Å². The Morgan fingerprint density at radius 2 is 1.81 bits per heavy atom. The summed E-state index contributed by atoms with van der Waals surface area (Å²) in [4.78, 5) is 12.4. The van der Waals surface area contributed by atoms with E-state index in [-0.39, 0.29) is 5.97 Å². The SMILES string of the molecule is CCCNC(COC1CCCCCC1)(C(=O)OC)C1CC1. The average Bonchev–Trinajstić information content (AvgIpc) is 3.34. The molecule has 0 spiro atoms. The van der Waals surface area contributed by atoms with Crippen molar-refractivity contribution in [2.45, 2.75) is 76.4 Å². The van der Waals surface area contributed by atoms with Crippen molar-refractivity contribution in [3.05, 3.63) is 0 Å². The molecule has 0 amide bonds. The maximum atomic E-state index is 12.4. The van der Waals surface area contributed by atoms with Gasteiger partial charge in [-0.15, -0.1) is 0 Å². The van der Waals surface area contributed by atoms with Gasteiger partial charge in [0, 0.05) is 0 Å². The quantitative estimate of drug-likeness (QED) is 0.552. The Hall–Kier alpha value is -0.610. The van der Waals surface area contributed by atoms with Crippen LogP contribution >= 0.6 is 0 Å². The second-order valence-corrected chi connectivity index (χ2v) is 6.59. The summed E-state index contributed by atoms with van der Waals surface area (Å²) in [7, 11) is 1.48. The Morgan fingerprint density at radius 1 is 1.14 bits per heavy atom. The van der Waals surface area contributed by atoms with E-state index in [1.54, 1.807) is 0 Å². The summed E-state index contributed by atoms with van der Waals surface area (Å²) < 4.78 is 11.3. The van der Waals surface area contributed by atoms with Crippen LogP contribution in [-0.2, 0) is 14.3 Å². The number of nitrogens with one attached hydrogen (secondary N) is 1. The Balaban J connectivity index is 1.98. The zero-order valence-corrected chi connectivity index (χ0v) is 13.7. The molecule has 1 unspecified atom stereocenters. The predicted octanol–water partition coefficient (Wildman–Crippen LogP) is 3.05. The van der Waals surface area contributed by atoms with Gasteiger partial charge >= 0.3 is 5.97 Å². The van der Waals surface area contributed by atoms with Crippen molar-refractivity contribution in [3.63, 3.8) is 0 Å². The number of ether oxygens (including phenoxy) is 2. The van der Waals surface area contributed by atoms with E-state index in [9.17, 15) is 4.79 Å². The fraction of sp³-hybridized carbons (Fsp3) is 0.941. The minimum Gasteiger partial charge on any atom is -0.468 e. The first-order valence-corrected chi connectivity index (χ1v) is 8.68. The van der Waals surface area contributed by atoms with E-state index in [0.717, 1.165) is 38.6 Å². The summed E-state index contributed by atoms with van der Waals surface area (Å²) in [6, 6.07) is 0. The van der Waals surface area contributed by atoms with Crippen molar-refractivity contribution in [3.8, 4) is 0 Å². The Bertz CT molecular complexity index is 322. The van der Waals surface area contributed by atoms with E-state index in [1.807, 2.05) is 0 Å². The average molecular weight is 297 g/mol. The minimum atomic E-state index is -0.614. The highest BCUT2D eigenvalue weighted by atomic mass is 16.5. The third-order valence-electron chi connectivity index (χ3n) is 4.86. The molecule has 1 N–H and O–H groups in total. The van der Waals surface area contributed by atoms with E-state index in [0.29, 0.717) is 18.6 Å². The van der Waals surface area contributed by atoms with Gasteiger partial charge in [-0.3, -0.25) is 5.32 Å². The smallest absolute Gasteiger partial charge is 0.328 e. The third kappa shape index (κ3) is 4.43. The van der Waals surface area contributed by atoms with Crippen LogP contribution in [-0.4, -0.2) is 37.9 Å². The number of carbonyl (C=O) groups is 1. The van der Waals surface area contributed by atoms with E-state index in [4.69, 9.17) is 9.47 Å². The van der Waals surface area contributed by atoms with Gasteiger partial charge in [0.15, 0.2) is 0 Å². The summed E-state index contributed by atoms with van der Waals surface area (Å²) >= 11 is 0. The molecule has 0 bridgehead atoms. The molecular weight excluding hydrogens is 266 g/mol. The molecule has 0 radical (unpaired) electrons. The van der Waals surface area contributed by atoms with Gasteiger partial charge in [0.2, 0.25) is 0 Å². The summed E-state index contributed by atoms with van der Waals surface area (Å²) in [5.74, 6) is 0.231. The first kappa shape index (κ1) is 16.8. The first-order chi connectivity index (χ1) is 10.2. The number of rotatable bonds is 8. The maximum absolute atomic E-state index is 12.4. The molecular formula is C17H31NO3. The molecule has 2 saturated carbocycles. The zero-order chi connectivity index (χ0) is 15.1. The Labute approximate surface area is 129 Å². The molecule has 2 aliphatic carbocycles. The lowest BCUT2D eigenvalue weighted by atomic mass is 9.93. The van der Waals surface area contributed by atoms with Gasteiger partial charge in [0.25, 0.3) is 0 Å². The van der Waals surface area contributed by atoms with Gasteiger partial charge in [-0.05, 0) is 44.6 Å². The lowest BCUT2D eigenvalue weighted by molar-refractivity contribution is -0.154. The van der Waals surface area contributed by atoms with E-state index < -0.39 is 5.54 Å². The lowest BCUT2D eigenvalue weighted by Gasteiger charge is -2.33. The summed E-state index contributed by atoms with van der Waals surface area (Å²) in [5, 5.41) is 3.45. The molecule has 0 saturated heterocycles. The summed E-state index contributed by atoms with van der Waals surface area (Å²) in [6.45, 7) is 3.42. The lowest BCUT2D eigenvalue weighted by Crippen LogP contribution is -2.58. The van der Waals surface area contributed by atoms with Gasteiger partial charge < -0.3 is 9.47 Å². The van der Waals surface area contributed by atoms with E-state index in [1.165, 1.54) is 32.8 Å². The zero-order valence-electron chi connectivity index (χ0n) is 13.7. The van der Waals surface area contributed by atoms with E-state index >= 15 is 0 Å². The molecule has 21 heavy (non-hydrogen) atoms. The molecule has 2 rings (SSSR count). The molecule has 0 aromatic heterocycles. The predicted molar refractivity (Wildman–Crippen MR) is 83.2 cm³/mol. The van der Waals surface area contributed by atoms with Gasteiger partial charge in [0.05, 0.1) is 19.8 Å². The molecule has 0 aromatic rings. The number of esters is 1. The minimum absolute atomic E-state index is 0.146. The van der Waals surface area contributed by atoms with Crippen LogP contribution in [0.2, 0.25) is 0 Å².